The summed E-state index contributed by atoms with van der Waals surface area (Å²) in [6.45, 7) is 6.52. The molecule has 1 aromatic rings. The van der Waals surface area contributed by atoms with Crippen LogP contribution < -0.4 is 5.32 Å². The summed E-state index contributed by atoms with van der Waals surface area (Å²) < 4.78 is 0. The van der Waals surface area contributed by atoms with E-state index < -0.39 is 7.26 Å². The normalized spacial score (nSPS) is 19.7. The minimum atomic E-state index is -1.30. The van der Waals surface area contributed by atoms with Crippen molar-refractivity contribution in [2.45, 2.75) is 33.1 Å². The fraction of sp³-hybridized carbons (Fsp3) is 0.562. The van der Waals surface area contributed by atoms with Crippen molar-refractivity contribution >= 4 is 18.9 Å². The van der Waals surface area contributed by atoms with E-state index in [-0.39, 0.29) is 5.91 Å². The van der Waals surface area contributed by atoms with E-state index in [0.717, 1.165) is 23.0 Å². The number of carbonyl (C=O) groups is 1. The van der Waals surface area contributed by atoms with Crippen molar-refractivity contribution in [1.29, 1.82) is 0 Å². The average molecular weight is 279 g/mol. The molecule has 3 heteroatoms. The Balaban J connectivity index is 2.01. The molecule has 0 radical (unpaired) electrons. The standard InChI is InChI=1S/C16H26NOP/c1-13-8-7-9-14(2)16(13)17-15(18)12-19(3)10-5-4-6-11-19/h7-9,19H,4-6,10-12H2,1-3H3,(H,17,18). The zero-order valence-electron chi connectivity index (χ0n) is 12.4. The first-order chi connectivity index (χ1) is 9.00. The number of hydrogen-bond donors (Lipinski definition) is 1. The van der Waals surface area contributed by atoms with E-state index in [0.29, 0.717) is 0 Å². The first-order valence-corrected chi connectivity index (χ1v) is 10.5. The van der Waals surface area contributed by atoms with Gasteiger partial charge in [0.2, 0.25) is 0 Å². The van der Waals surface area contributed by atoms with Gasteiger partial charge in [-0.3, -0.25) is 0 Å². The summed E-state index contributed by atoms with van der Waals surface area (Å²) in [5.41, 5.74) is 3.33. The summed E-state index contributed by atoms with van der Waals surface area (Å²) in [5, 5.41) is 3.15. The van der Waals surface area contributed by atoms with E-state index >= 15 is 0 Å². The van der Waals surface area contributed by atoms with Gasteiger partial charge < -0.3 is 0 Å². The molecule has 1 N–H and O–H groups in total. The van der Waals surface area contributed by atoms with E-state index in [2.05, 4.69) is 38.0 Å². The Hall–Kier alpha value is -0.880. The Labute approximate surface area is 117 Å². The molecule has 1 aromatic carbocycles. The van der Waals surface area contributed by atoms with Crippen LogP contribution in [0.15, 0.2) is 18.2 Å². The third-order valence-corrected chi connectivity index (χ3v) is 8.69. The Morgan fingerprint density at radius 3 is 2.32 bits per heavy atom. The quantitative estimate of drug-likeness (QED) is 0.838. The van der Waals surface area contributed by atoms with Crippen LogP contribution in [0.5, 0.6) is 0 Å². The van der Waals surface area contributed by atoms with Crippen LogP contribution in [0.25, 0.3) is 0 Å². The molecule has 1 heterocycles. The molecule has 1 fully saturated rings. The Morgan fingerprint density at radius 1 is 1.16 bits per heavy atom. The number of para-hydroxylation sites is 1. The topological polar surface area (TPSA) is 29.1 Å². The summed E-state index contributed by atoms with van der Waals surface area (Å²) in [6.07, 6.45) is 7.47. The van der Waals surface area contributed by atoms with E-state index in [1.54, 1.807) is 0 Å². The van der Waals surface area contributed by atoms with Crippen molar-refractivity contribution in [3.05, 3.63) is 29.3 Å². The van der Waals surface area contributed by atoms with Crippen LogP contribution in [0, 0.1) is 13.8 Å². The molecule has 2 rings (SSSR count). The number of benzene rings is 1. The second-order valence-electron chi connectivity index (χ2n) is 6.36. The van der Waals surface area contributed by atoms with Gasteiger partial charge in [0.1, 0.15) is 0 Å². The van der Waals surface area contributed by atoms with Gasteiger partial charge in [0, 0.05) is 0 Å². The molecule has 0 unspecified atom stereocenters. The summed E-state index contributed by atoms with van der Waals surface area (Å²) in [7, 11) is -1.30. The number of hydrogen-bond acceptors (Lipinski definition) is 1. The first-order valence-electron chi connectivity index (χ1n) is 7.36. The number of nitrogens with one attached hydrogen (secondary N) is 1. The van der Waals surface area contributed by atoms with Crippen LogP contribution in [-0.4, -0.2) is 31.1 Å². The Bertz CT molecular complexity index is 444. The molecule has 0 bridgehead atoms. The summed E-state index contributed by atoms with van der Waals surface area (Å²) in [5.74, 6) is 0.230. The second-order valence-corrected chi connectivity index (χ2v) is 11.3. The second kappa shape index (κ2) is 6.05. The van der Waals surface area contributed by atoms with Gasteiger partial charge in [-0.1, -0.05) is 0 Å². The Morgan fingerprint density at radius 2 is 1.74 bits per heavy atom. The number of aryl methyl sites for hydroxylation is 2. The van der Waals surface area contributed by atoms with Crippen molar-refractivity contribution in [2.24, 2.45) is 0 Å². The van der Waals surface area contributed by atoms with E-state index in [1.807, 2.05) is 6.07 Å². The van der Waals surface area contributed by atoms with Crippen molar-refractivity contribution in [1.82, 2.24) is 0 Å². The molecule has 0 spiro atoms. The fourth-order valence-electron chi connectivity index (χ4n) is 3.16. The Kier molecular flexibility index (Phi) is 4.62. The van der Waals surface area contributed by atoms with E-state index in [9.17, 15) is 4.79 Å². The van der Waals surface area contributed by atoms with Crippen molar-refractivity contribution in [3.63, 3.8) is 0 Å². The van der Waals surface area contributed by atoms with Crippen LogP contribution in [0.3, 0.4) is 0 Å². The third-order valence-electron chi connectivity index (χ3n) is 4.39. The molecule has 0 saturated carbocycles. The molecular formula is C16H26NOP. The molecule has 1 saturated heterocycles. The molecule has 19 heavy (non-hydrogen) atoms. The summed E-state index contributed by atoms with van der Waals surface area (Å²) in [6, 6.07) is 6.16. The first kappa shape index (κ1) is 14.5. The predicted octanol–water partition coefficient (Wildman–Crippen LogP) is 3.81. The van der Waals surface area contributed by atoms with E-state index in [1.165, 1.54) is 31.6 Å². The average Bonchev–Trinajstić information content (AvgIpc) is 2.34. The van der Waals surface area contributed by atoms with Crippen molar-refractivity contribution < 1.29 is 4.79 Å². The SMILES string of the molecule is Cc1cccc(C)c1NC(=O)C[PH]1(C)CCCCC1. The molecule has 2 nitrogen and oxygen atoms in total. The fourth-order valence-corrected chi connectivity index (χ4v) is 6.84. The van der Waals surface area contributed by atoms with Gasteiger partial charge in [-0.15, -0.1) is 0 Å². The number of carbonyl (C=O) groups excluding carboxylic acids is 1. The van der Waals surface area contributed by atoms with E-state index in [4.69, 9.17) is 0 Å². The van der Waals surface area contributed by atoms with Gasteiger partial charge in [-0.2, -0.15) is 0 Å². The van der Waals surface area contributed by atoms with Gasteiger partial charge in [0.15, 0.2) is 0 Å². The minimum absolute atomic E-state index is 0.230. The zero-order valence-corrected chi connectivity index (χ0v) is 13.4. The third kappa shape index (κ3) is 3.79. The maximum absolute atomic E-state index is 12.3. The number of rotatable bonds is 3. The number of amides is 1. The molecular weight excluding hydrogens is 253 g/mol. The van der Waals surface area contributed by atoms with Crippen molar-refractivity contribution in [3.8, 4) is 0 Å². The summed E-state index contributed by atoms with van der Waals surface area (Å²) in [4.78, 5) is 12.3. The van der Waals surface area contributed by atoms with Gasteiger partial charge in [0.25, 0.3) is 0 Å². The van der Waals surface area contributed by atoms with Gasteiger partial charge in [-0.25, -0.2) is 0 Å². The van der Waals surface area contributed by atoms with Gasteiger partial charge >= 0.3 is 117 Å². The van der Waals surface area contributed by atoms with Crippen LogP contribution in [0.1, 0.15) is 30.4 Å². The molecule has 0 aromatic heterocycles. The molecule has 1 aliphatic rings. The van der Waals surface area contributed by atoms with Crippen molar-refractivity contribution in [2.75, 3.05) is 30.5 Å². The molecule has 0 atom stereocenters. The number of anilines is 1. The van der Waals surface area contributed by atoms with Crippen LogP contribution >= 0.6 is 7.26 Å². The molecule has 1 aliphatic heterocycles. The zero-order chi connectivity index (χ0) is 13.9. The van der Waals surface area contributed by atoms with Crippen LogP contribution in [0.4, 0.5) is 5.69 Å². The predicted molar refractivity (Wildman–Crippen MR) is 87.2 cm³/mol. The summed E-state index contributed by atoms with van der Waals surface area (Å²) >= 11 is 0. The maximum atomic E-state index is 12.3. The van der Waals surface area contributed by atoms with Gasteiger partial charge in [0.05, 0.1) is 0 Å². The molecule has 106 valence electrons. The van der Waals surface area contributed by atoms with Crippen LogP contribution in [0.2, 0.25) is 0 Å². The monoisotopic (exact) mass is 279 g/mol. The molecule has 0 aliphatic carbocycles. The van der Waals surface area contributed by atoms with Gasteiger partial charge in [-0.05, 0) is 0 Å². The molecule has 1 amide bonds. The van der Waals surface area contributed by atoms with Crippen LogP contribution in [-0.2, 0) is 4.79 Å².